The molecule has 1 aliphatic carbocycles. The van der Waals surface area contributed by atoms with Crippen molar-refractivity contribution in [3.63, 3.8) is 0 Å². The molecule has 96 valence electrons. The minimum atomic E-state index is 0.525. The number of aromatic nitrogens is 1. The number of nitrogens with one attached hydrogen (secondary N) is 1. The van der Waals surface area contributed by atoms with Crippen molar-refractivity contribution in [1.82, 2.24) is 10.3 Å². The zero-order valence-electron chi connectivity index (χ0n) is 11.3. The van der Waals surface area contributed by atoms with Gasteiger partial charge < -0.3 is 10.2 Å². The number of thiazole rings is 1. The first kappa shape index (κ1) is 12.8. The van der Waals surface area contributed by atoms with Gasteiger partial charge in [0, 0.05) is 24.5 Å². The molecule has 0 aliphatic heterocycles. The maximum Gasteiger partial charge on any atom is 0.185 e. The van der Waals surface area contributed by atoms with Gasteiger partial charge in [0.1, 0.15) is 0 Å². The molecule has 1 aromatic rings. The van der Waals surface area contributed by atoms with Crippen molar-refractivity contribution in [1.29, 1.82) is 0 Å². The highest BCUT2D eigenvalue weighted by atomic mass is 32.1. The minimum Gasteiger partial charge on any atom is -0.351 e. The average molecular weight is 253 g/mol. The third-order valence-electron chi connectivity index (χ3n) is 3.25. The first-order chi connectivity index (χ1) is 8.11. The molecule has 1 heterocycles. The van der Waals surface area contributed by atoms with E-state index in [1.807, 2.05) is 11.3 Å². The van der Waals surface area contributed by atoms with Crippen LogP contribution in [0.3, 0.4) is 0 Å². The lowest BCUT2D eigenvalue weighted by Crippen LogP contribution is -2.22. The first-order valence-electron chi connectivity index (χ1n) is 6.49. The molecule has 4 heteroatoms. The van der Waals surface area contributed by atoms with E-state index in [1.165, 1.54) is 28.5 Å². The van der Waals surface area contributed by atoms with Crippen molar-refractivity contribution >= 4 is 16.5 Å². The van der Waals surface area contributed by atoms with Crippen LogP contribution in [-0.4, -0.2) is 25.6 Å². The fourth-order valence-corrected chi connectivity index (χ4v) is 3.70. The van der Waals surface area contributed by atoms with Crippen LogP contribution in [0.2, 0.25) is 0 Å². The predicted molar refractivity (Wildman–Crippen MR) is 75.0 cm³/mol. The lowest BCUT2D eigenvalue weighted by Gasteiger charge is -2.20. The maximum atomic E-state index is 4.81. The average Bonchev–Trinajstić information content (AvgIpc) is 2.71. The highest BCUT2D eigenvalue weighted by Gasteiger charge is 2.24. The van der Waals surface area contributed by atoms with Gasteiger partial charge in [-0.3, -0.25) is 0 Å². The summed E-state index contributed by atoms with van der Waals surface area (Å²) in [6.07, 6.45) is 3.66. The van der Waals surface area contributed by atoms with Crippen LogP contribution in [0, 0.1) is 5.92 Å². The fraction of sp³-hybridized carbons (Fsp3) is 0.769. The molecule has 1 N–H and O–H groups in total. The Balaban J connectivity index is 2.18. The Morgan fingerprint density at radius 2 is 2.29 bits per heavy atom. The highest BCUT2D eigenvalue weighted by Crippen LogP contribution is 2.37. The molecule has 0 radical (unpaired) electrons. The van der Waals surface area contributed by atoms with E-state index < -0.39 is 0 Å². The van der Waals surface area contributed by atoms with Crippen molar-refractivity contribution in [2.24, 2.45) is 5.92 Å². The van der Waals surface area contributed by atoms with E-state index in [-0.39, 0.29) is 0 Å². The van der Waals surface area contributed by atoms with E-state index in [9.17, 15) is 0 Å². The molecule has 17 heavy (non-hydrogen) atoms. The second kappa shape index (κ2) is 5.36. The molecule has 0 spiro atoms. The van der Waals surface area contributed by atoms with Crippen LogP contribution in [0.15, 0.2) is 0 Å². The van der Waals surface area contributed by atoms with Crippen molar-refractivity contribution < 1.29 is 0 Å². The summed E-state index contributed by atoms with van der Waals surface area (Å²) in [7, 11) is 4.20. The van der Waals surface area contributed by atoms with Gasteiger partial charge in [0.2, 0.25) is 0 Å². The summed E-state index contributed by atoms with van der Waals surface area (Å²) in [5, 5.41) is 4.59. The number of hydrogen-bond acceptors (Lipinski definition) is 4. The highest BCUT2D eigenvalue weighted by molar-refractivity contribution is 7.15. The van der Waals surface area contributed by atoms with Crippen LogP contribution in [0.1, 0.15) is 43.3 Å². The van der Waals surface area contributed by atoms with Crippen molar-refractivity contribution in [3.8, 4) is 0 Å². The van der Waals surface area contributed by atoms with E-state index >= 15 is 0 Å². The number of rotatable bonds is 4. The van der Waals surface area contributed by atoms with Crippen molar-refractivity contribution in [2.45, 2.75) is 39.2 Å². The molecule has 0 fully saturated rings. The standard InChI is InChI=1S/C13H23N3S/c1-9(2)8-16(4)13-15-11-7-5-6-10(14-3)12(11)17-13/h9-10,14H,5-8H2,1-4H3. The zero-order chi connectivity index (χ0) is 12.4. The second-order valence-electron chi connectivity index (χ2n) is 5.32. The molecule has 3 nitrogen and oxygen atoms in total. The number of nitrogens with zero attached hydrogens (tertiary/aromatic N) is 2. The Labute approximate surface area is 108 Å². The Bertz CT molecular complexity index is 373. The van der Waals surface area contributed by atoms with Crippen molar-refractivity contribution in [3.05, 3.63) is 10.6 Å². The van der Waals surface area contributed by atoms with Crippen LogP contribution in [0.4, 0.5) is 5.13 Å². The lowest BCUT2D eigenvalue weighted by molar-refractivity contribution is 0.501. The molecular formula is C13H23N3S. The smallest absolute Gasteiger partial charge is 0.185 e. The van der Waals surface area contributed by atoms with Crippen LogP contribution >= 0.6 is 11.3 Å². The van der Waals surface area contributed by atoms with E-state index in [1.54, 1.807) is 0 Å². The number of aryl methyl sites for hydroxylation is 1. The molecule has 0 saturated heterocycles. The summed E-state index contributed by atoms with van der Waals surface area (Å²) < 4.78 is 0. The van der Waals surface area contributed by atoms with Gasteiger partial charge in [0.25, 0.3) is 0 Å². The number of hydrogen-bond donors (Lipinski definition) is 1. The number of anilines is 1. The van der Waals surface area contributed by atoms with Gasteiger partial charge in [-0.2, -0.15) is 0 Å². The normalized spacial score (nSPS) is 19.5. The minimum absolute atomic E-state index is 0.525. The van der Waals surface area contributed by atoms with Crippen LogP contribution < -0.4 is 10.2 Å². The SMILES string of the molecule is CNC1CCCc2nc(N(C)CC(C)C)sc21. The summed E-state index contributed by atoms with van der Waals surface area (Å²) >= 11 is 1.87. The summed E-state index contributed by atoms with van der Waals surface area (Å²) in [4.78, 5) is 8.56. The van der Waals surface area contributed by atoms with Crippen LogP contribution in [0.5, 0.6) is 0 Å². The van der Waals surface area contributed by atoms with Gasteiger partial charge in [-0.15, -0.1) is 0 Å². The van der Waals surface area contributed by atoms with Crippen molar-refractivity contribution in [2.75, 3.05) is 25.5 Å². The molecular weight excluding hydrogens is 230 g/mol. The molecule has 0 bridgehead atoms. The third kappa shape index (κ3) is 2.80. The van der Waals surface area contributed by atoms with E-state index in [2.05, 4.69) is 38.2 Å². The predicted octanol–water partition coefficient (Wildman–Crippen LogP) is 2.83. The van der Waals surface area contributed by atoms with Gasteiger partial charge >= 0.3 is 0 Å². The molecule has 0 saturated carbocycles. The van der Waals surface area contributed by atoms with E-state index in [0.717, 1.165) is 13.0 Å². The molecule has 1 aromatic heterocycles. The summed E-state index contributed by atoms with van der Waals surface area (Å²) in [5.74, 6) is 0.682. The third-order valence-corrected chi connectivity index (χ3v) is 4.58. The zero-order valence-corrected chi connectivity index (χ0v) is 12.1. The summed E-state index contributed by atoms with van der Waals surface area (Å²) in [6, 6.07) is 0.525. The topological polar surface area (TPSA) is 28.2 Å². The Morgan fingerprint density at radius 3 is 2.94 bits per heavy atom. The van der Waals surface area contributed by atoms with Crippen LogP contribution in [-0.2, 0) is 6.42 Å². The molecule has 0 amide bonds. The second-order valence-corrected chi connectivity index (χ2v) is 6.32. The quantitative estimate of drug-likeness (QED) is 0.894. The molecule has 2 rings (SSSR count). The first-order valence-corrected chi connectivity index (χ1v) is 7.31. The molecule has 1 unspecified atom stereocenters. The molecule has 1 aliphatic rings. The molecule has 1 atom stereocenters. The van der Waals surface area contributed by atoms with Crippen LogP contribution in [0.25, 0.3) is 0 Å². The fourth-order valence-electron chi connectivity index (χ4n) is 2.47. The van der Waals surface area contributed by atoms with E-state index in [0.29, 0.717) is 12.0 Å². The van der Waals surface area contributed by atoms with Gasteiger partial charge in [-0.05, 0) is 32.2 Å². The largest absolute Gasteiger partial charge is 0.351 e. The molecule has 0 aromatic carbocycles. The Morgan fingerprint density at radius 1 is 1.53 bits per heavy atom. The van der Waals surface area contributed by atoms with Gasteiger partial charge in [0.15, 0.2) is 5.13 Å². The van der Waals surface area contributed by atoms with E-state index in [4.69, 9.17) is 4.98 Å². The monoisotopic (exact) mass is 253 g/mol. The van der Waals surface area contributed by atoms with Gasteiger partial charge in [0.05, 0.1) is 5.69 Å². The van der Waals surface area contributed by atoms with Gasteiger partial charge in [-0.25, -0.2) is 4.98 Å². The summed E-state index contributed by atoms with van der Waals surface area (Å²) in [6.45, 7) is 5.58. The maximum absolute atomic E-state index is 4.81. The number of fused-ring (bicyclic) bond motifs is 1. The lowest BCUT2D eigenvalue weighted by atomic mass is 9.98. The Hall–Kier alpha value is -0.610. The van der Waals surface area contributed by atoms with Gasteiger partial charge in [-0.1, -0.05) is 25.2 Å². The summed E-state index contributed by atoms with van der Waals surface area (Å²) in [5.41, 5.74) is 1.33. The Kier molecular flexibility index (Phi) is 4.05.